The summed E-state index contributed by atoms with van der Waals surface area (Å²) in [5.41, 5.74) is 2.26. The molecule has 0 fully saturated rings. The first-order valence-electron chi connectivity index (χ1n) is 15.5. The number of anilines is 3. The molecule has 3 aromatic rings. The molecular weight excluding hydrogens is 648 g/mol. The van der Waals surface area contributed by atoms with Crippen LogP contribution in [0, 0.1) is 11.6 Å². The number of likely N-dealkylation sites (N-methyl/N-ethyl adjacent to an activating group) is 2. The molecule has 16 heteroatoms. The van der Waals surface area contributed by atoms with E-state index in [1.165, 1.54) is 0 Å². The van der Waals surface area contributed by atoms with Crippen molar-refractivity contribution in [2.75, 3.05) is 70.1 Å². The van der Waals surface area contributed by atoms with Crippen molar-refractivity contribution in [2.24, 2.45) is 0 Å². The van der Waals surface area contributed by atoms with Crippen LogP contribution >= 0.6 is 0 Å². The monoisotopic (exact) mass is 691 g/mol. The lowest BCUT2D eigenvalue weighted by atomic mass is 10.1. The number of nitrogens with one attached hydrogen (secondary N) is 2. The largest absolute Gasteiger partial charge is 0.448 e. The molecule has 0 aliphatic carbocycles. The quantitative estimate of drug-likeness (QED) is 0.271. The Labute approximate surface area is 279 Å². The fraction of sp³-hybridized carbons (Fsp3) is 0.469. The second kappa shape index (κ2) is 15.4. The number of carbonyl (C=O) groups excluding carboxylic acids is 2. The second-order valence-corrected chi connectivity index (χ2v) is 13.9. The van der Waals surface area contributed by atoms with E-state index in [1.807, 2.05) is 40.2 Å². The van der Waals surface area contributed by atoms with Crippen molar-refractivity contribution in [1.82, 2.24) is 19.0 Å². The summed E-state index contributed by atoms with van der Waals surface area (Å²) in [4.78, 5) is 30.4. The average Bonchev–Trinajstić information content (AvgIpc) is 3.38. The summed E-state index contributed by atoms with van der Waals surface area (Å²) in [6.45, 7) is 6.37. The van der Waals surface area contributed by atoms with E-state index >= 15 is 0 Å². The number of hydrogen-bond donors (Lipinski definition) is 2. The SMILES string of the molecule is CCOC(=O)n1nc(NC(=O)c2ccc(N(C)C[C@@H](C)N(C)C)cc2NC(C)COC)c2c1CCN(S(=O)(=O)c1cc(F)cc(F)c1)C2. The molecule has 2 heterocycles. The third-order valence-corrected chi connectivity index (χ3v) is 9.92. The van der Waals surface area contributed by atoms with E-state index in [9.17, 15) is 26.8 Å². The predicted octanol–water partition coefficient (Wildman–Crippen LogP) is 4.00. The Hall–Kier alpha value is -4.12. The number of hydrogen-bond acceptors (Lipinski definition) is 10. The number of methoxy groups -OCH3 is 1. The third-order valence-electron chi connectivity index (χ3n) is 8.10. The molecule has 0 spiro atoms. The molecule has 1 aromatic heterocycles. The Kier molecular flexibility index (Phi) is 11.8. The maximum atomic E-state index is 14.0. The van der Waals surface area contributed by atoms with Crippen LogP contribution in [0.2, 0.25) is 0 Å². The molecule has 13 nitrogen and oxygen atoms in total. The zero-order valence-electron chi connectivity index (χ0n) is 28.2. The molecule has 1 unspecified atom stereocenters. The van der Waals surface area contributed by atoms with Crippen LogP contribution in [0.3, 0.4) is 0 Å². The number of halogens is 2. The molecule has 48 heavy (non-hydrogen) atoms. The summed E-state index contributed by atoms with van der Waals surface area (Å²) in [5, 5.41) is 10.4. The van der Waals surface area contributed by atoms with Gasteiger partial charge in [-0.15, -0.1) is 5.10 Å². The lowest BCUT2D eigenvalue weighted by Gasteiger charge is -2.28. The minimum atomic E-state index is -4.36. The Morgan fingerprint density at radius 3 is 2.40 bits per heavy atom. The molecule has 1 aliphatic rings. The van der Waals surface area contributed by atoms with Gasteiger partial charge in [0.25, 0.3) is 5.91 Å². The van der Waals surface area contributed by atoms with E-state index in [0.717, 1.165) is 33.4 Å². The molecule has 0 saturated heterocycles. The number of nitrogens with zero attached hydrogens (tertiary/aromatic N) is 5. The van der Waals surface area contributed by atoms with Crippen LogP contribution in [0.5, 0.6) is 0 Å². The van der Waals surface area contributed by atoms with E-state index in [4.69, 9.17) is 9.47 Å². The maximum absolute atomic E-state index is 14.0. The highest BCUT2D eigenvalue weighted by atomic mass is 32.2. The van der Waals surface area contributed by atoms with E-state index in [-0.39, 0.29) is 55.1 Å². The zero-order valence-corrected chi connectivity index (χ0v) is 29.0. The Morgan fingerprint density at radius 1 is 1.08 bits per heavy atom. The molecule has 262 valence electrons. The van der Waals surface area contributed by atoms with E-state index in [2.05, 4.69) is 32.5 Å². The molecule has 4 rings (SSSR count). The van der Waals surface area contributed by atoms with Gasteiger partial charge in [0.15, 0.2) is 5.82 Å². The molecule has 2 N–H and O–H groups in total. The van der Waals surface area contributed by atoms with Gasteiger partial charge in [0.05, 0.1) is 29.4 Å². The van der Waals surface area contributed by atoms with Crippen LogP contribution in [0.15, 0.2) is 41.3 Å². The van der Waals surface area contributed by atoms with Crippen LogP contribution < -0.4 is 15.5 Å². The molecule has 0 radical (unpaired) electrons. The highest BCUT2D eigenvalue weighted by molar-refractivity contribution is 7.89. The smallest absolute Gasteiger partial charge is 0.434 e. The van der Waals surface area contributed by atoms with Crippen molar-refractivity contribution in [2.45, 2.75) is 50.7 Å². The normalized spacial score (nSPS) is 14.7. The van der Waals surface area contributed by atoms with Gasteiger partial charge in [-0.25, -0.2) is 22.0 Å². The lowest BCUT2D eigenvalue weighted by molar-refractivity contribution is 0.102. The van der Waals surface area contributed by atoms with Gasteiger partial charge < -0.3 is 29.9 Å². The predicted molar refractivity (Wildman–Crippen MR) is 178 cm³/mol. The van der Waals surface area contributed by atoms with Crippen LogP contribution in [-0.2, 0) is 32.5 Å². The number of sulfonamides is 1. The summed E-state index contributed by atoms with van der Waals surface area (Å²) in [6, 6.07) is 7.51. The second-order valence-electron chi connectivity index (χ2n) is 12.0. The Balaban J connectivity index is 1.71. The fourth-order valence-electron chi connectivity index (χ4n) is 5.35. The van der Waals surface area contributed by atoms with Gasteiger partial charge in [-0.05, 0) is 65.2 Å². The van der Waals surface area contributed by atoms with Gasteiger partial charge in [0, 0.05) is 75.3 Å². The van der Waals surface area contributed by atoms with Crippen LogP contribution in [0.1, 0.15) is 42.4 Å². The van der Waals surface area contributed by atoms with Crippen molar-refractivity contribution in [3.05, 3.63) is 64.9 Å². The first-order valence-corrected chi connectivity index (χ1v) is 16.9. The molecular formula is C32H43F2N7O6S. The topological polar surface area (TPSA) is 138 Å². The third kappa shape index (κ3) is 8.29. The van der Waals surface area contributed by atoms with Crippen molar-refractivity contribution in [3.63, 3.8) is 0 Å². The molecule has 1 aliphatic heterocycles. The Morgan fingerprint density at radius 2 is 1.77 bits per heavy atom. The summed E-state index contributed by atoms with van der Waals surface area (Å²) < 4.78 is 67.3. The van der Waals surface area contributed by atoms with Crippen molar-refractivity contribution < 1.29 is 36.3 Å². The number of rotatable bonds is 13. The fourth-order valence-corrected chi connectivity index (χ4v) is 6.80. The highest BCUT2D eigenvalue weighted by Crippen LogP contribution is 2.32. The van der Waals surface area contributed by atoms with Crippen LogP contribution in [0.25, 0.3) is 0 Å². The minimum absolute atomic E-state index is 0.0157. The summed E-state index contributed by atoms with van der Waals surface area (Å²) in [5.74, 6) is -2.70. The Bertz CT molecular complexity index is 1730. The van der Waals surface area contributed by atoms with E-state index in [1.54, 1.807) is 20.1 Å². The lowest BCUT2D eigenvalue weighted by Crippen LogP contribution is -2.37. The molecule has 2 atom stereocenters. The molecule has 1 amide bonds. The van der Waals surface area contributed by atoms with Crippen molar-refractivity contribution in [3.8, 4) is 0 Å². The number of aromatic nitrogens is 2. The first kappa shape index (κ1) is 36.7. The molecule has 0 saturated carbocycles. The van der Waals surface area contributed by atoms with E-state index in [0.29, 0.717) is 24.1 Å². The average molecular weight is 692 g/mol. The highest BCUT2D eigenvalue weighted by Gasteiger charge is 2.35. The zero-order chi connectivity index (χ0) is 35.3. The van der Waals surface area contributed by atoms with Gasteiger partial charge >= 0.3 is 6.09 Å². The summed E-state index contributed by atoms with van der Waals surface area (Å²) in [7, 11) is 3.18. The minimum Gasteiger partial charge on any atom is -0.448 e. The van der Waals surface area contributed by atoms with Gasteiger partial charge in [-0.2, -0.15) is 8.99 Å². The number of benzene rings is 2. The number of ether oxygens (including phenoxy) is 2. The standard InChI is InChI=1S/C32H43F2N7O6S/c1-8-47-32(43)41-29-11-12-40(48(44,45)25-14-22(33)13-23(34)15-25)18-27(29)30(37-41)36-31(42)26-10-9-24(39(6)17-21(3)38(4)5)16-28(26)35-20(2)19-46-7/h9-10,13-16,20-21,35H,8,11-12,17-19H2,1-7H3,(H,36,37,42)/t20?,21-/m1/s1. The van der Waals surface area contributed by atoms with Gasteiger partial charge in [-0.1, -0.05) is 0 Å². The number of carbonyl (C=O) groups is 2. The van der Waals surface area contributed by atoms with E-state index < -0.39 is 38.6 Å². The summed E-state index contributed by atoms with van der Waals surface area (Å²) >= 11 is 0. The first-order chi connectivity index (χ1) is 22.7. The number of fused-ring (bicyclic) bond motifs is 1. The van der Waals surface area contributed by atoms with Gasteiger partial charge in [-0.3, -0.25) is 4.79 Å². The van der Waals surface area contributed by atoms with Crippen molar-refractivity contribution in [1.29, 1.82) is 0 Å². The number of amides is 1. The van der Waals surface area contributed by atoms with Crippen LogP contribution in [0.4, 0.5) is 30.8 Å². The van der Waals surface area contributed by atoms with Crippen LogP contribution in [-0.4, -0.2) is 106 Å². The van der Waals surface area contributed by atoms with Gasteiger partial charge in [0.2, 0.25) is 10.0 Å². The summed E-state index contributed by atoms with van der Waals surface area (Å²) in [6.07, 6.45) is -0.783. The maximum Gasteiger partial charge on any atom is 0.434 e. The molecule has 2 aromatic carbocycles. The van der Waals surface area contributed by atoms with Gasteiger partial charge in [0.1, 0.15) is 11.6 Å². The molecule has 0 bridgehead atoms. The van der Waals surface area contributed by atoms with Crippen molar-refractivity contribution >= 4 is 39.2 Å².